The molecule has 4 rings (SSSR count). The Labute approximate surface area is 197 Å². The fourth-order valence-corrected chi connectivity index (χ4v) is 4.23. The van der Waals surface area contributed by atoms with E-state index in [0.29, 0.717) is 33.8 Å². The van der Waals surface area contributed by atoms with Crippen LogP contribution in [0.3, 0.4) is 0 Å². The van der Waals surface area contributed by atoms with E-state index in [-0.39, 0.29) is 17.4 Å². The van der Waals surface area contributed by atoms with E-state index >= 15 is 0 Å². The van der Waals surface area contributed by atoms with E-state index < -0.39 is 23.5 Å². The van der Waals surface area contributed by atoms with Crippen molar-refractivity contribution in [1.82, 2.24) is 4.90 Å². The van der Waals surface area contributed by atoms with Crippen molar-refractivity contribution in [3.63, 3.8) is 0 Å². The highest BCUT2D eigenvalue weighted by Gasteiger charge is 2.44. The van der Waals surface area contributed by atoms with Gasteiger partial charge in [-0.3, -0.25) is 9.59 Å². The van der Waals surface area contributed by atoms with Gasteiger partial charge in [-0.05, 0) is 62.2 Å². The van der Waals surface area contributed by atoms with Gasteiger partial charge in [-0.2, -0.15) is 0 Å². The maximum absolute atomic E-state index is 13.5. The van der Waals surface area contributed by atoms with Crippen LogP contribution in [-0.2, 0) is 4.79 Å². The number of amides is 1. The Bertz CT molecular complexity index is 1230. The van der Waals surface area contributed by atoms with Gasteiger partial charge >= 0.3 is 0 Å². The molecule has 1 atom stereocenters. The average molecular weight is 468 g/mol. The second-order valence-electron chi connectivity index (χ2n) is 8.37. The zero-order chi connectivity index (χ0) is 23.7. The third-order valence-electron chi connectivity index (χ3n) is 5.57. The van der Waals surface area contributed by atoms with Gasteiger partial charge in [0.05, 0.1) is 17.7 Å². The normalized spacial score (nSPS) is 16.3. The predicted molar refractivity (Wildman–Crippen MR) is 127 cm³/mol. The Balaban J connectivity index is 1.75. The third kappa shape index (κ3) is 4.48. The molecular weight excluding hydrogens is 442 g/mol. The van der Waals surface area contributed by atoms with Gasteiger partial charge in [-0.25, -0.2) is 0 Å². The summed E-state index contributed by atoms with van der Waals surface area (Å²) in [5.74, 6) is -0.891. The predicted octanol–water partition coefficient (Wildman–Crippen LogP) is 6.25. The third-order valence-corrected chi connectivity index (χ3v) is 5.81. The largest absolute Gasteiger partial charge is 0.503 e. The zero-order valence-corrected chi connectivity index (χ0v) is 19.6. The molecule has 3 aromatic rings. The smallest absolute Gasteiger partial charge is 0.290 e. The number of carbonyl (C=O) groups excluding carboxylic acids is 2. The summed E-state index contributed by atoms with van der Waals surface area (Å²) < 4.78 is 11.5. The van der Waals surface area contributed by atoms with Crippen LogP contribution < -0.4 is 4.74 Å². The SMILES string of the molecule is CCCCN1C(=O)C(O)=C(C(=O)c2cc3cc(Cl)ccc3o2)C1c1ccc(OC(C)C)cc1. The van der Waals surface area contributed by atoms with Gasteiger partial charge in [-0.15, -0.1) is 0 Å². The number of furan rings is 1. The van der Waals surface area contributed by atoms with Crippen LogP contribution in [-0.4, -0.2) is 34.3 Å². The minimum Gasteiger partial charge on any atom is -0.503 e. The molecule has 1 aromatic heterocycles. The number of benzene rings is 2. The van der Waals surface area contributed by atoms with E-state index in [4.69, 9.17) is 20.8 Å². The lowest BCUT2D eigenvalue weighted by atomic mass is 9.95. The molecule has 0 saturated carbocycles. The van der Waals surface area contributed by atoms with Crippen LogP contribution >= 0.6 is 11.6 Å². The number of halogens is 1. The van der Waals surface area contributed by atoms with Crippen molar-refractivity contribution in [3.8, 4) is 5.75 Å². The van der Waals surface area contributed by atoms with Crippen LogP contribution in [0.1, 0.15) is 55.8 Å². The highest BCUT2D eigenvalue weighted by molar-refractivity contribution is 6.31. The van der Waals surface area contributed by atoms with Crippen molar-refractivity contribution < 1.29 is 23.8 Å². The number of aliphatic hydroxyl groups is 1. The summed E-state index contributed by atoms with van der Waals surface area (Å²) in [4.78, 5) is 28.0. The molecule has 0 spiro atoms. The maximum Gasteiger partial charge on any atom is 0.290 e. The molecule has 0 aliphatic carbocycles. The van der Waals surface area contributed by atoms with Crippen molar-refractivity contribution in [2.24, 2.45) is 0 Å². The highest BCUT2D eigenvalue weighted by atomic mass is 35.5. The van der Waals surface area contributed by atoms with E-state index in [1.54, 1.807) is 41.3 Å². The van der Waals surface area contributed by atoms with Crippen LogP contribution in [0.4, 0.5) is 0 Å². The average Bonchev–Trinajstić information content (AvgIpc) is 3.31. The lowest BCUT2D eigenvalue weighted by Gasteiger charge is -2.26. The molecule has 1 aliphatic heterocycles. The highest BCUT2D eigenvalue weighted by Crippen LogP contribution is 2.40. The molecule has 0 fully saturated rings. The number of aliphatic hydroxyl groups excluding tert-OH is 1. The van der Waals surface area contributed by atoms with E-state index in [1.165, 1.54) is 0 Å². The van der Waals surface area contributed by atoms with Crippen molar-refractivity contribution in [2.45, 2.75) is 45.8 Å². The molecule has 0 saturated heterocycles. The number of rotatable bonds is 8. The summed E-state index contributed by atoms with van der Waals surface area (Å²) >= 11 is 6.05. The van der Waals surface area contributed by atoms with Crippen LogP contribution in [0.5, 0.6) is 5.75 Å². The van der Waals surface area contributed by atoms with Crippen LogP contribution in [0, 0.1) is 0 Å². The molecule has 1 unspecified atom stereocenters. The van der Waals surface area contributed by atoms with Gasteiger partial charge < -0.3 is 19.2 Å². The number of ketones is 1. The molecule has 7 heteroatoms. The first kappa shape index (κ1) is 22.9. The summed E-state index contributed by atoms with van der Waals surface area (Å²) in [6, 6.07) is 13.2. The van der Waals surface area contributed by atoms with Crippen LogP contribution in [0.2, 0.25) is 5.02 Å². The molecule has 6 nitrogen and oxygen atoms in total. The Kier molecular flexibility index (Phi) is 6.47. The number of fused-ring (bicyclic) bond motifs is 1. The van der Waals surface area contributed by atoms with Crippen molar-refractivity contribution >= 4 is 34.3 Å². The molecule has 1 aliphatic rings. The molecule has 2 aromatic carbocycles. The Morgan fingerprint density at radius 3 is 2.58 bits per heavy atom. The number of hydrogen-bond donors (Lipinski definition) is 1. The minimum absolute atomic E-state index is 0.0128. The summed E-state index contributed by atoms with van der Waals surface area (Å²) in [5, 5.41) is 12.0. The first-order valence-corrected chi connectivity index (χ1v) is 11.4. The molecule has 0 radical (unpaired) electrons. The fourth-order valence-electron chi connectivity index (χ4n) is 4.05. The number of Topliss-reactive ketones (excluding diaryl/α,β-unsaturated/α-hetero) is 1. The molecule has 1 amide bonds. The van der Waals surface area contributed by atoms with Crippen LogP contribution in [0.25, 0.3) is 11.0 Å². The first-order chi connectivity index (χ1) is 15.8. The monoisotopic (exact) mass is 467 g/mol. The standard InChI is InChI=1S/C26H26ClNO5/c1-4-5-12-28-23(16-6-9-19(10-7-16)32-15(2)3)22(25(30)26(28)31)24(29)21-14-17-13-18(27)8-11-20(17)33-21/h6-11,13-15,23,30H,4-5,12H2,1-3H3. The second-order valence-corrected chi connectivity index (χ2v) is 8.81. The summed E-state index contributed by atoms with van der Waals surface area (Å²) in [6.07, 6.45) is 1.63. The van der Waals surface area contributed by atoms with Gasteiger partial charge in [-0.1, -0.05) is 37.1 Å². The van der Waals surface area contributed by atoms with Gasteiger partial charge in [0.25, 0.3) is 5.91 Å². The lowest BCUT2D eigenvalue weighted by Crippen LogP contribution is -2.32. The molecule has 33 heavy (non-hydrogen) atoms. The molecule has 0 bridgehead atoms. The van der Waals surface area contributed by atoms with Gasteiger partial charge in [0.15, 0.2) is 11.5 Å². The quantitative estimate of drug-likeness (QED) is 0.396. The van der Waals surface area contributed by atoms with Gasteiger partial charge in [0, 0.05) is 17.0 Å². The van der Waals surface area contributed by atoms with E-state index in [9.17, 15) is 14.7 Å². The topological polar surface area (TPSA) is 80.0 Å². The van der Waals surface area contributed by atoms with Crippen molar-refractivity contribution in [2.75, 3.05) is 6.54 Å². The van der Waals surface area contributed by atoms with E-state index in [2.05, 4.69) is 0 Å². The molecular formula is C26H26ClNO5. The van der Waals surface area contributed by atoms with E-state index in [1.807, 2.05) is 32.9 Å². The first-order valence-electron chi connectivity index (χ1n) is 11.0. The number of carbonyl (C=O) groups is 2. The number of nitrogens with zero attached hydrogens (tertiary/aromatic N) is 1. The van der Waals surface area contributed by atoms with Crippen molar-refractivity contribution in [3.05, 3.63) is 76.2 Å². The summed E-state index contributed by atoms with van der Waals surface area (Å²) in [7, 11) is 0. The van der Waals surface area contributed by atoms with Crippen LogP contribution in [0.15, 0.2) is 64.3 Å². The molecule has 2 heterocycles. The number of hydrogen-bond acceptors (Lipinski definition) is 5. The summed E-state index contributed by atoms with van der Waals surface area (Å²) in [6.45, 7) is 6.31. The number of unbranched alkanes of at least 4 members (excludes halogenated alkanes) is 1. The second kappa shape index (κ2) is 9.32. The Morgan fingerprint density at radius 2 is 1.91 bits per heavy atom. The maximum atomic E-state index is 13.5. The number of ether oxygens (including phenoxy) is 1. The Hall–Kier alpha value is -3.25. The van der Waals surface area contributed by atoms with Gasteiger partial charge in [0.1, 0.15) is 11.3 Å². The molecule has 1 N–H and O–H groups in total. The zero-order valence-electron chi connectivity index (χ0n) is 18.8. The molecule has 172 valence electrons. The van der Waals surface area contributed by atoms with Crippen molar-refractivity contribution in [1.29, 1.82) is 0 Å². The summed E-state index contributed by atoms with van der Waals surface area (Å²) in [5.41, 5.74) is 1.22. The van der Waals surface area contributed by atoms with E-state index in [0.717, 1.165) is 12.8 Å². The van der Waals surface area contributed by atoms with Gasteiger partial charge in [0.2, 0.25) is 5.78 Å². The fraction of sp³-hybridized carbons (Fsp3) is 0.308. The Morgan fingerprint density at radius 1 is 1.18 bits per heavy atom. The minimum atomic E-state index is -0.721. The lowest BCUT2D eigenvalue weighted by molar-refractivity contribution is -0.129.